The van der Waals surface area contributed by atoms with E-state index in [0.717, 1.165) is 12.0 Å². The Bertz CT molecular complexity index is 694. The first-order valence-electron chi connectivity index (χ1n) is 8.47. The van der Waals surface area contributed by atoms with E-state index >= 15 is 0 Å². The van der Waals surface area contributed by atoms with Gasteiger partial charge >= 0.3 is 0 Å². The summed E-state index contributed by atoms with van der Waals surface area (Å²) in [4.78, 5) is 14.4. The van der Waals surface area contributed by atoms with Gasteiger partial charge in [0, 0.05) is 25.2 Å². The molecule has 5 nitrogen and oxygen atoms in total. The molecule has 1 aromatic carbocycles. The van der Waals surface area contributed by atoms with Gasteiger partial charge in [-0.2, -0.15) is 5.10 Å². The second-order valence-corrected chi connectivity index (χ2v) is 7.05. The lowest BCUT2D eigenvalue weighted by Gasteiger charge is -2.43. The van der Waals surface area contributed by atoms with Crippen LogP contribution in [0.4, 0.5) is 0 Å². The summed E-state index contributed by atoms with van der Waals surface area (Å²) >= 11 is 0. The molecule has 3 rings (SSSR count). The van der Waals surface area contributed by atoms with Crippen LogP contribution in [0.2, 0.25) is 0 Å². The minimum Gasteiger partial charge on any atom is -0.390 e. The Balaban J connectivity index is 1.67. The molecule has 2 aromatic rings. The van der Waals surface area contributed by atoms with E-state index in [1.54, 1.807) is 10.9 Å². The fraction of sp³-hybridized carbons (Fsp3) is 0.474. The molecule has 1 amide bonds. The maximum Gasteiger partial charge on any atom is 0.244 e. The highest BCUT2D eigenvalue weighted by molar-refractivity contribution is 5.76. The van der Waals surface area contributed by atoms with Crippen LogP contribution >= 0.6 is 0 Å². The molecule has 128 valence electrons. The van der Waals surface area contributed by atoms with E-state index < -0.39 is 5.60 Å². The molecule has 1 aliphatic rings. The zero-order valence-corrected chi connectivity index (χ0v) is 14.4. The molecule has 2 heterocycles. The van der Waals surface area contributed by atoms with Crippen LogP contribution in [-0.2, 0) is 17.8 Å². The highest BCUT2D eigenvalue weighted by atomic mass is 16.3. The van der Waals surface area contributed by atoms with Crippen LogP contribution in [0, 0.1) is 12.8 Å². The maximum absolute atomic E-state index is 12.6. The van der Waals surface area contributed by atoms with Gasteiger partial charge in [-0.15, -0.1) is 0 Å². The number of rotatable bonds is 4. The molecule has 1 fully saturated rings. The van der Waals surface area contributed by atoms with Crippen LogP contribution in [-0.4, -0.2) is 44.4 Å². The topological polar surface area (TPSA) is 58.4 Å². The predicted octanol–water partition coefficient (Wildman–Crippen LogP) is 2.03. The SMILES string of the molecule is Cc1cnn(CC(=O)N2CC[C@@](C)(O)[C@@H](Cc3ccccc3)C2)c1. The largest absolute Gasteiger partial charge is 0.390 e. The summed E-state index contributed by atoms with van der Waals surface area (Å²) in [6, 6.07) is 10.2. The number of benzene rings is 1. The van der Waals surface area contributed by atoms with Crippen molar-refractivity contribution in [2.45, 2.75) is 38.8 Å². The lowest BCUT2D eigenvalue weighted by molar-refractivity contribution is -0.139. The van der Waals surface area contributed by atoms with Gasteiger partial charge in [0.15, 0.2) is 0 Å². The average Bonchev–Trinajstić information content (AvgIpc) is 2.95. The number of piperidine rings is 1. The van der Waals surface area contributed by atoms with E-state index in [1.807, 2.05) is 43.1 Å². The first-order valence-corrected chi connectivity index (χ1v) is 8.47. The lowest BCUT2D eigenvalue weighted by Crippen LogP contribution is -2.53. The summed E-state index contributed by atoms with van der Waals surface area (Å²) in [7, 11) is 0. The fourth-order valence-electron chi connectivity index (χ4n) is 3.32. The molecule has 1 aromatic heterocycles. The number of hydrogen-bond acceptors (Lipinski definition) is 3. The number of likely N-dealkylation sites (tertiary alicyclic amines) is 1. The van der Waals surface area contributed by atoms with Gasteiger partial charge in [0.2, 0.25) is 5.91 Å². The summed E-state index contributed by atoms with van der Waals surface area (Å²) in [6.45, 7) is 5.29. The van der Waals surface area contributed by atoms with Crippen LogP contribution in [0.1, 0.15) is 24.5 Å². The number of aromatic nitrogens is 2. The maximum atomic E-state index is 12.6. The van der Waals surface area contributed by atoms with E-state index in [1.165, 1.54) is 5.56 Å². The Morgan fingerprint density at radius 1 is 1.38 bits per heavy atom. The second kappa shape index (κ2) is 6.77. The van der Waals surface area contributed by atoms with Gasteiger partial charge in [-0.05, 0) is 37.8 Å². The number of aryl methyl sites for hydroxylation is 1. The predicted molar refractivity (Wildman–Crippen MR) is 92.4 cm³/mol. The number of hydrogen-bond donors (Lipinski definition) is 1. The minimum atomic E-state index is -0.741. The summed E-state index contributed by atoms with van der Waals surface area (Å²) < 4.78 is 1.68. The molecule has 1 aliphatic heterocycles. The average molecular weight is 327 g/mol. The number of carbonyl (C=O) groups is 1. The van der Waals surface area contributed by atoms with Gasteiger partial charge in [0.25, 0.3) is 0 Å². The number of nitrogens with zero attached hydrogens (tertiary/aromatic N) is 3. The molecule has 0 radical (unpaired) electrons. The quantitative estimate of drug-likeness (QED) is 0.935. The smallest absolute Gasteiger partial charge is 0.244 e. The van der Waals surface area contributed by atoms with Gasteiger partial charge in [-0.1, -0.05) is 30.3 Å². The van der Waals surface area contributed by atoms with Crippen LogP contribution in [0.5, 0.6) is 0 Å². The molecule has 1 N–H and O–H groups in total. The summed E-state index contributed by atoms with van der Waals surface area (Å²) in [5.74, 6) is 0.101. The second-order valence-electron chi connectivity index (χ2n) is 7.05. The molecular formula is C19H25N3O2. The zero-order chi connectivity index (χ0) is 17.2. The fourth-order valence-corrected chi connectivity index (χ4v) is 3.32. The molecule has 24 heavy (non-hydrogen) atoms. The van der Waals surface area contributed by atoms with E-state index in [0.29, 0.717) is 19.5 Å². The molecular weight excluding hydrogens is 302 g/mol. The third-order valence-electron chi connectivity index (χ3n) is 4.95. The van der Waals surface area contributed by atoms with Gasteiger partial charge in [-0.25, -0.2) is 0 Å². The van der Waals surface area contributed by atoms with Crippen molar-refractivity contribution < 1.29 is 9.90 Å². The van der Waals surface area contributed by atoms with Gasteiger partial charge in [0.1, 0.15) is 6.54 Å². The van der Waals surface area contributed by atoms with Crippen molar-refractivity contribution >= 4 is 5.91 Å². The Morgan fingerprint density at radius 3 is 2.79 bits per heavy atom. The Morgan fingerprint density at radius 2 is 2.12 bits per heavy atom. The summed E-state index contributed by atoms with van der Waals surface area (Å²) in [5, 5.41) is 14.9. The van der Waals surface area contributed by atoms with E-state index in [9.17, 15) is 9.90 Å². The van der Waals surface area contributed by atoms with E-state index in [-0.39, 0.29) is 18.4 Å². The standard InChI is InChI=1S/C19H25N3O2/c1-15-11-20-22(12-15)14-18(23)21-9-8-19(2,24)17(13-21)10-16-6-4-3-5-7-16/h3-7,11-12,17,24H,8-10,13-14H2,1-2H3/t17-,19+/m0/s1. The first-order chi connectivity index (χ1) is 11.4. The van der Waals surface area contributed by atoms with Gasteiger partial charge < -0.3 is 10.0 Å². The molecule has 5 heteroatoms. The van der Waals surface area contributed by atoms with E-state index in [4.69, 9.17) is 0 Å². The highest BCUT2D eigenvalue weighted by Crippen LogP contribution is 2.30. The third kappa shape index (κ3) is 3.85. The summed E-state index contributed by atoms with van der Waals surface area (Å²) in [6.07, 6.45) is 5.01. The Kier molecular flexibility index (Phi) is 4.71. The van der Waals surface area contributed by atoms with Gasteiger partial charge in [-0.3, -0.25) is 9.48 Å². The minimum absolute atomic E-state index is 0.0388. The molecule has 2 atom stereocenters. The van der Waals surface area contributed by atoms with Crippen molar-refractivity contribution in [3.63, 3.8) is 0 Å². The van der Waals surface area contributed by atoms with Crippen LogP contribution in [0.15, 0.2) is 42.7 Å². The Labute approximate surface area is 142 Å². The third-order valence-corrected chi connectivity index (χ3v) is 4.95. The first kappa shape index (κ1) is 16.7. The normalized spacial score (nSPS) is 24.1. The van der Waals surface area contributed by atoms with E-state index in [2.05, 4.69) is 17.2 Å². The molecule has 0 bridgehead atoms. The molecule has 0 spiro atoms. The monoisotopic (exact) mass is 327 g/mol. The number of carbonyl (C=O) groups excluding carboxylic acids is 1. The van der Waals surface area contributed by atoms with Crippen LogP contribution < -0.4 is 0 Å². The number of amides is 1. The molecule has 0 saturated carbocycles. The number of aliphatic hydroxyl groups is 1. The van der Waals surface area contributed by atoms with Crippen LogP contribution in [0.25, 0.3) is 0 Å². The molecule has 0 aliphatic carbocycles. The van der Waals surface area contributed by atoms with Crippen molar-refractivity contribution in [1.29, 1.82) is 0 Å². The lowest BCUT2D eigenvalue weighted by atomic mass is 9.79. The zero-order valence-electron chi connectivity index (χ0n) is 14.4. The van der Waals surface area contributed by atoms with Gasteiger partial charge in [0.05, 0.1) is 11.8 Å². The highest BCUT2D eigenvalue weighted by Gasteiger charge is 2.38. The molecule has 1 saturated heterocycles. The molecule has 0 unspecified atom stereocenters. The van der Waals surface area contributed by atoms with Crippen molar-refractivity contribution in [1.82, 2.24) is 14.7 Å². The van der Waals surface area contributed by atoms with Crippen molar-refractivity contribution in [3.05, 3.63) is 53.9 Å². The summed E-state index contributed by atoms with van der Waals surface area (Å²) in [5.41, 5.74) is 1.50. The van der Waals surface area contributed by atoms with Crippen molar-refractivity contribution in [2.24, 2.45) is 5.92 Å². The van der Waals surface area contributed by atoms with Crippen molar-refractivity contribution in [2.75, 3.05) is 13.1 Å². The van der Waals surface area contributed by atoms with Crippen LogP contribution in [0.3, 0.4) is 0 Å². The Hall–Kier alpha value is -2.14. The van der Waals surface area contributed by atoms with Crippen molar-refractivity contribution in [3.8, 4) is 0 Å².